The first-order chi connectivity index (χ1) is 12.1. The van der Waals surface area contributed by atoms with Crippen LogP contribution in [0.25, 0.3) is 21.6 Å². The van der Waals surface area contributed by atoms with Gasteiger partial charge in [0.25, 0.3) is 10.0 Å². The maximum absolute atomic E-state index is 12.9. The highest BCUT2D eigenvalue weighted by Crippen LogP contribution is 2.32. The van der Waals surface area contributed by atoms with Crippen molar-refractivity contribution < 1.29 is 8.42 Å². The van der Waals surface area contributed by atoms with Crippen LogP contribution >= 0.6 is 11.3 Å². The van der Waals surface area contributed by atoms with Gasteiger partial charge in [-0.05, 0) is 24.3 Å². The number of aromatic amines is 1. The molecule has 0 spiro atoms. The molecule has 6 nitrogen and oxygen atoms in total. The van der Waals surface area contributed by atoms with Crippen molar-refractivity contribution in [3.63, 3.8) is 0 Å². The normalized spacial score (nSPS) is 11.7. The minimum absolute atomic E-state index is 0.0150. The van der Waals surface area contributed by atoms with Crippen molar-refractivity contribution in [3.8, 4) is 10.7 Å². The molecule has 1 N–H and O–H groups in total. The van der Waals surface area contributed by atoms with Crippen LogP contribution in [0, 0.1) is 0 Å². The fourth-order valence-corrected chi connectivity index (χ4v) is 4.39. The molecule has 3 heterocycles. The van der Waals surface area contributed by atoms with Gasteiger partial charge in [0.1, 0.15) is 5.01 Å². The lowest BCUT2D eigenvalue weighted by molar-refractivity contribution is 0.590. The van der Waals surface area contributed by atoms with E-state index in [0.717, 1.165) is 21.6 Å². The van der Waals surface area contributed by atoms with E-state index in [1.807, 2.05) is 23.6 Å². The molecule has 0 bridgehead atoms. The number of H-pyrrole nitrogens is 1. The fraction of sp³-hybridized carbons (Fsp3) is 0.0588. The summed E-state index contributed by atoms with van der Waals surface area (Å²) in [4.78, 5) is 11.6. The number of hydrogen-bond donors (Lipinski definition) is 1. The molecule has 0 aliphatic heterocycles. The molecule has 0 saturated carbocycles. The van der Waals surface area contributed by atoms with Crippen molar-refractivity contribution in [3.05, 3.63) is 60.2 Å². The van der Waals surface area contributed by atoms with Crippen LogP contribution in [0.2, 0.25) is 0 Å². The lowest BCUT2D eigenvalue weighted by Gasteiger charge is -2.19. The number of nitrogens with one attached hydrogen (secondary N) is 1. The van der Waals surface area contributed by atoms with E-state index in [1.54, 1.807) is 24.4 Å². The Morgan fingerprint density at radius 2 is 1.96 bits per heavy atom. The Balaban J connectivity index is 1.84. The first-order valence-electron chi connectivity index (χ1n) is 7.49. The van der Waals surface area contributed by atoms with Gasteiger partial charge in [-0.3, -0.25) is 4.31 Å². The van der Waals surface area contributed by atoms with E-state index >= 15 is 0 Å². The number of sulfonamides is 1. The number of hydrogen-bond acceptors (Lipinski definition) is 5. The van der Waals surface area contributed by atoms with Gasteiger partial charge in [0.15, 0.2) is 5.03 Å². The smallest absolute Gasteiger partial charge is 0.281 e. The summed E-state index contributed by atoms with van der Waals surface area (Å²) in [6.07, 6.45) is 3.21. The minimum atomic E-state index is -3.74. The summed E-state index contributed by atoms with van der Waals surface area (Å²) in [5.74, 6) is 0. The zero-order valence-corrected chi connectivity index (χ0v) is 14.9. The van der Waals surface area contributed by atoms with Crippen LogP contribution in [0.4, 0.5) is 5.69 Å². The average molecular weight is 370 g/mol. The zero-order valence-electron chi connectivity index (χ0n) is 13.2. The molecule has 126 valence electrons. The lowest BCUT2D eigenvalue weighted by Crippen LogP contribution is -2.27. The van der Waals surface area contributed by atoms with Crippen molar-refractivity contribution in [1.82, 2.24) is 15.0 Å². The Hall–Kier alpha value is -2.71. The van der Waals surface area contributed by atoms with Gasteiger partial charge in [-0.25, -0.2) is 9.97 Å². The Morgan fingerprint density at radius 1 is 1.08 bits per heavy atom. The van der Waals surface area contributed by atoms with Gasteiger partial charge in [-0.15, -0.1) is 11.3 Å². The summed E-state index contributed by atoms with van der Waals surface area (Å²) in [7, 11) is -2.21. The number of benzene rings is 1. The molecule has 0 amide bonds. The number of anilines is 1. The van der Waals surface area contributed by atoms with E-state index in [0.29, 0.717) is 5.69 Å². The van der Waals surface area contributed by atoms with Gasteiger partial charge in [0.05, 0.1) is 16.9 Å². The third kappa shape index (κ3) is 2.69. The molecule has 3 aromatic heterocycles. The topological polar surface area (TPSA) is 79.0 Å². The van der Waals surface area contributed by atoms with E-state index in [9.17, 15) is 8.42 Å². The second kappa shape index (κ2) is 5.98. The van der Waals surface area contributed by atoms with Gasteiger partial charge in [0.2, 0.25) is 0 Å². The maximum atomic E-state index is 12.9. The average Bonchev–Trinajstić information content (AvgIpc) is 3.30. The molecule has 0 aliphatic carbocycles. The summed E-state index contributed by atoms with van der Waals surface area (Å²) in [6.45, 7) is 0. The van der Waals surface area contributed by atoms with Crippen molar-refractivity contribution in [2.45, 2.75) is 5.03 Å². The first kappa shape index (κ1) is 15.8. The monoisotopic (exact) mass is 370 g/mol. The van der Waals surface area contributed by atoms with Crippen molar-refractivity contribution >= 4 is 38.0 Å². The lowest BCUT2D eigenvalue weighted by atomic mass is 10.2. The summed E-state index contributed by atoms with van der Waals surface area (Å²) < 4.78 is 27.0. The molecule has 0 aliphatic rings. The van der Waals surface area contributed by atoms with Gasteiger partial charge in [0, 0.05) is 30.2 Å². The minimum Gasteiger partial charge on any atom is -0.351 e. The summed E-state index contributed by atoms with van der Waals surface area (Å²) in [5, 5.41) is 3.70. The highest BCUT2D eigenvalue weighted by Gasteiger charge is 2.24. The predicted octanol–water partition coefficient (Wildman–Crippen LogP) is 3.51. The van der Waals surface area contributed by atoms with E-state index in [-0.39, 0.29) is 5.03 Å². The summed E-state index contributed by atoms with van der Waals surface area (Å²) in [5.41, 5.74) is 2.17. The molecule has 25 heavy (non-hydrogen) atoms. The fourth-order valence-electron chi connectivity index (χ4n) is 2.64. The van der Waals surface area contributed by atoms with Gasteiger partial charge >= 0.3 is 0 Å². The number of rotatable bonds is 4. The van der Waals surface area contributed by atoms with Crippen molar-refractivity contribution in [1.29, 1.82) is 0 Å². The van der Waals surface area contributed by atoms with Gasteiger partial charge in [-0.1, -0.05) is 18.2 Å². The predicted molar refractivity (Wildman–Crippen MR) is 99.2 cm³/mol. The number of nitrogens with zero attached hydrogens (tertiary/aromatic N) is 3. The molecular formula is C17H14N4O2S2. The van der Waals surface area contributed by atoms with E-state index in [4.69, 9.17) is 0 Å². The van der Waals surface area contributed by atoms with Crippen LogP contribution in [-0.2, 0) is 10.0 Å². The Labute approximate surface area is 148 Å². The molecule has 0 unspecified atom stereocenters. The van der Waals surface area contributed by atoms with Crippen LogP contribution in [0.3, 0.4) is 0 Å². The van der Waals surface area contributed by atoms with Gasteiger partial charge in [-0.2, -0.15) is 8.42 Å². The standard InChI is InChI=1S/C17H14N4O2S2/c1-21(25(22,23)15-7-2-3-8-18-15)14-6-4-5-12-11-13(20-16(12)14)17-19-9-10-24-17/h2-11,20H,1H3. The summed E-state index contributed by atoms with van der Waals surface area (Å²) >= 11 is 1.52. The molecular weight excluding hydrogens is 356 g/mol. The molecule has 1 aromatic carbocycles. The van der Waals surface area contributed by atoms with Crippen molar-refractivity contribution in [2.75, 3.05) is 11.4 Å². The third-order valence-corrected chi connectivity index (χ3v) is 6.39. The maximum Gasteiger partial charge on any atom is 0.281 e. The van der Waals surface area contributed by atoms with Crippen molar-refractivity contribution in [2.24, 2.45) is 0 Å². The van der Waals surface area contributed by atoms with E-state index in [1.165, 1.54) is 35.0 Å². The van der Waals surface area contributed by atoms with E-state index < -0.39 is 10.0 Å². The number of thiazole rings is 1. The highest BCUT2D eigenvalue weighted by atomic mass is 32.2. The number of aromatic nitrogens is 3. The quantitative estimate of drug-likeness (QED) is 0.596. The molecule has 4 rings (SSSR count). The Morgan fingerprint density at radius 3 is 2.68 bits per heavy atom. The van der Waals surface area contributed by atoms with Crippen LogP contribution in [-0.4, -0.2) is 30.4 Å². The van der Waals surface area contributed by atoms with Crippen LogP contribution < -0.4 is 4.31 Å². The molecule has 0 radical (unpaired) electrons. The zero-order chi connectivity index (χ0) is 17.4. The first-order valence-corrected chi connectivity index (χ1v) is 9.81. The SMILES string of the molecule is CN(c1cccc2cc(-c3nccs3)[nH]c12)S(=O)(=O)c1ccccn1. The molecule has 4 aromatic rings. The second-order valence-electron chi connectivity index (χ2n) is 5.40. The third-order valence-electron chi connectivity index (χ3n) is 3.90. The molecule has 8 heteroatoms. The van der Waals surface area contributed by atoms with E-state index in [2.05, 4.69) is 15.0 Å². The molecule has 0 saturated heterocycles. The second-order valence-corrected chi connectivity index (χ2v) is 8.21. The molecule has 0 fully saturated rings. The Kier molecular flexibility index (Phi) is 3.78. The largest absolute Gasteiger partial charge is 0.351 e. The summed E-state index contributed by atoms with van der Waals surface area (Å²) in [6, 6.07) is 12.3. The molecule has 0 atom stereocenters. The number of pyridine rings is 1. The number of fused-ring (bicyclic) bond motifs is 1. The van der Waals surface area contributed by atoms with Crippen LogP contribution in [0.1, 0.15) is 0 Å². The van der Waals surface area contributed by atoms with Gasteiger partial charge < -0.3 is 4.98 Å². The highest BCUT2D eigenvalue weighted by molar-refractivity contribution is 7.92. The number of para-hydroxylation sites is 1. The van der Waals surface area contributed by atoms with Crippen LogP contribution in [0.15, 0.2) is 65.3 Å². The Bertz CT molecular complexity index is 1120. The van der Waals surface area contributed by atoms with Crippen LogP contribution in [0.5, 0.6) is 0 Å².